The first-order valence-electron chi connectivity index (χ1n) is 5.95. The van der Waals surface area contributed by atoms with E-state index in [1.165, 1.54) is 33.5 Å². The van der Waals surface area contributed by atoms with E-state index in [-0.39, 0.29) is 0 Å². The van der Waals surface area contributed by atoms with Crippen LogP contribution in [0.1, 0.15) is 5.56 Å². The Kier molecular flexibility index (Phi) is 6.06. The van der Waals surface area contributed by atoms with Gasteiger partial charge in [-0.25, -0.2) is 4.79 Å². The van der Waals surface area contributed by atoms with Gasteiger partial charge in [0.25, 0.3) is 5.91 Å². The van der Waals surface area contributed by atoms with E-state index in [9.17, 15) is 9.59 Å². The quantitative estimate of drug-likeness (QED) is 0.589. The zero-order chi connectivity index (χ0) is 15.8. The molecule has 1 aromatic rings. The largest absolute Gasteiger partial charge is 0.493 e. The van der Waals surface area contributed by atoms with Gasteiger partial charge in [0, 0.05) is 6.08 Å². The molecule has 0 saturated carbocycles. The van der Waals surface area contributed by atoms with Crippen LogP contribution in [0, 0.1) is 0 Å². The van der Waals surface area contributed by atoms with Gasteiger partial charge in [-0.05, 0) is 23.8 Å². The van der Waals surface area contributed by atoms with Gasteiger partial charge in [-0.2, -0.15) is 0 Å². The Labute approximate surface area is 122 Å². The fourth-order valence-corrected chi connectivity index (χ4v) is 1.55. The minimum Gasteiger partial charge on any atom is -0.493 e. The van der Waals surface area contributed by atoms with E-state index in [2.05, 4.69) is 4.74 Å². The number of hydrogen-bond donors (Lipinski definition) is 1. The lowest BCUT2D eigenvalue weighted by Gasteiger charge is -2.12. The van der Waals surface area contributed by atoms with Crippen molar-refractivity contribution >= 4 is 18.0 Å². The Bertz CT molecular complexity index is 527. The standard InChI is InChI=1S/C14H17NO6/c1-18-10-6-9(7-11(19-2)14(10)20-3)4-5-13(17)21-8-12(15)16/h4-7H,8H2,1-3H3,(H2,15,16)/b5-4+. The Morgan fingerprint density at radius 2 is 1.67 bits per heavy atom. The maximum absolute atomic E-state index is 11.3. The number of carbonyl (C=O) groups excluding carboxylic acids is 2. The van der Waals surface area contributed by atoms with Gasteiger partial charge in [-0.3, -0.25) is 4.79 Å². The van der Waals surface area contributed by atoms with Crippen LogP contribution in [0.4, 0.5) is 0 Å². The van der Waals surface area contributed by atoms with Gasteiger partial charge in [-0.15, -0.1) is 0 Å². The molecule has 0 aliphatic carbocycles. The van der Waals surface area contributed by atoms with E-state index >= 15 is 0 Å². The molecule has 0 aromatic heterocycles. The van der Waals surface area contributed by atoms with Gasteiger partial charge in [0.1, 0.15) is 0 Å². The lowest BCUT2D eigenvalue weighted by molar-refractivity contribution is -0.142. The number of rotatable bonds is 7. The van der Waals surface area contributed by atoms with E-state index in [1.54, 1.807) is 12.1 Å². The maximum Gasteiger partial charge on any atom is 0.331 e. The highest BCUT2D eigenvalue weighted by Gasteiger charge is 2.12. The van der Waals surface area contributed by atoms with Crippen LogP contribution in [-0.4, -0.2) is 39.8 Å². The summed E-state index contributed by atoms with van der Waals surface area (Å²) in [7, 11) is 4.48. The zero-order valence-electron chi connectivity index (χ0n) is 12.0. The molecule has 7 heteroatoms. The van der Waals surface area contributed by atoms with Crippen molar-refractivity contribution < 1.29 is 28.5 Å². The first-order chi connectivity index (χ1) is 10.0. The number of amides is 1. The van der Waals surface area contributed by atoms with Crippen LogP contribution >= 0.6 is 0 Å². The molecule has 0 unspecified atom stereocenters. The van der Waals surface area contributed by atoms with E-state index in [0.717, 1.165) is 0 Å². The summed E-state index contributed by atoms with van der Waals surface area (Å²) in [5.41, 5.74) is 5.51. The average Bonchev–Trinajstić information content (AvgIpc) is 2.49. The van der Waals surface area contributed by atoms with Crippen LogP contribution in [0.15, 0.2) is 18.2 Å². The highest BCUT2D eigenvalue weighted by molar-refractivity contribution is 5.89. The number of esters is 1. The van der Waals surface area contributed by atoms with Crippen LogP contribution < -0.4 is 19.9 Å². The summed E-state index contributed by atoms with van der Waals surface area (Å²) in [6.45, 7) is -0.460. The third-order valence-corrected chi connectivity index (χ3v) is 2.46. The molecule has 0 spiro atoms. The number of methoxy groups -OCH3 is 3. The number of hydrogen-bond acceptors (Lipinski definition) is 6. The van der Waals surface area contributed by atoms with E-state index in [4.69, 9.17) is 19.9 Å². The van der Waals surface area contributed by atoms with Gasteiger partial charge >= 0.3 is 5.97 Å². The molecule has 0 bridgehead atoms. The maximum atomic E-state index is 11.3. The minimum atomic E-state index is -0.718. The smallest absolute Gasteiger partial charge is 0.331 e. The van der Waals surface area contributed by atoms with Gasteiger partial charge < -0.3 is 24.7 Å². The van der Waals surface area contributed by atoms with Crippen molar-refractivity contribution in [1.29, 1.82) is 0 Å². The summed E-state index contributed by atoms with van der Waals surface area (Å²) in [5, 5.41) is 0. The third kappa shape index (κ3) is 4.72. The fraction of sp³-hybridized carbons (Fsp3) is 0.286. The van der Waals surface area contributed by atoms with Crippen molar-refractivity contribution in [3.05, 3.63) is 23.8 Å². The van der Waals surface area contributed by atoms with Crippen LogP contribution in [0.25, 0.3) is 6.08 Å². The Hall–Kier alpha value is -2.70. The van der Waals surface area contributed by atoms with E-state index < -0.39 is 18.5 Å². The summed E-state index contributed by atoms with van der Waals surface area (Å²) in [6, 6.07) is 3.33. The average molecular weight is 295 g/mol. The van der Waals surface area contributed by atoms with Crippen LogP contribution in [-0.2, 0) is 14.3 Å². The Morgan fingerprint density at radius 3 is 2.10 bits per heavy atom. The number of carbonyl (C=O) groups is 2. The van der Waals surface area contributed by atoms with Gasteiger partial charge in [0.2, 0.25) is 5.75 Å². The molecular formula is C14H17NO6. The molecule has 0 radical (unpaired) electrons. The molecule has 0 aliphatic rings. The van der Waals surface area contributed by atoms with Gasteiger partial charge in [-0.1, -0.05) is 0 Å². The van der Waals surface area contributed by atoms with Crippen molar-refractivity contribution in [2.75, 3.05) is 27.9 Å². The predicted octanol–water partition coefficient (Wildman–Crippen LogP) is 0.754. The van der Waals surface area contributed by atoms with Gasteiger partial charge in [0.15, 0.2) is 18.1 Å². The summed E-state index contributed by atoms with van der Waals surface area (Å²) >= 11 is 0. The number of primary amides is 1. The van der Waals surface area contributed by atoms with Gasteiger partial charge in [0.05, 0.1) is 21.3 Å². The third-order valence-electron chi connectivity index (χ3n) is 2.46. The summed E-state index contributed by atoms with van der Waals surface area (Å²) in [5.74, 6) is -0.0236. The molecule has 1 rings (SSSR count). The predicted molar refractivity (Wildman–Crippen MR) is 75.3 cm³/mol. The lowest BCUT2D eigenvalue weighted by Crippen LogP contribution is -2.19. The summed E-state index contributed by atoms with van der Waals surface area (Å²) in [6.07, 6.45) is 2.66. The number of ether oxygens (including phenoxy) is 4. The molecule has 114 valence electrons. The van der Waals surface area contributed by atoms with Crippen molar-refractivity contribution in [3.8, 4) is 17.2 Å². The molecule has 0 aliphatic heterocycles. The number of nitrogens with two attached hydrogens (primary N) is 1. The first-order valence-corrected chi connectivity index (χ1v) is 5.95. The lowest BCUT2D eigenvalue weighted by atomic mass is 10.1. The molecule has 1 aromatic carbocycles. The van der Waals surface area contributed by atoms with Crippen LogP contribution in [0.2, 0.25) is 0 Å². The normalized spacial score (nSPS) is 10.2. The Morgan fingerprint density at radius 1 is 1.10 bits per heavy atom. The fourth-order valence-electron chi connectivity index (χ4n) is 1.55. The van der Waals surface area contributed by atoms with Crippen molar-refractivity contribution in [1.82, 2.24) is 0 Å². The van der Waals surface area contributed by atoms with Crippen molar-refractivity contribution in [3.63, 3.8) is 0 Å². The highest BCUT2D eigenvalue weighted by atomic mass is 16.5. The second kappa shape index (κ2) is 7.78. The zero-order valence-corrected chi connectivity index (χ0v) is 12.0. The first kappa shape index (κ1) is 16.4. The summed E-state index contributed by atoms with van der Waals surface area (Å²) < 4.78 is 20.2. The second-order valence-corrected chi connectivity index (χ2v) is 3.87. The molecule has 2 N–H and O–H groups in total. The minimum absolute atomic E-state index is 0.452. The topological polar surface area (TPSA) is 97.1 Å². The van der Waals surface area contributed by atoms with E-state index in [0.29, 0.717) is 22.8 Å². The SMILES string of the molecule is COc1cc(/C=C/C(=O)OCC(N)=O)cc(OC)c1OC. The summed E-state index contributed by atoms with van der Waals surface area (Å²) in [4.78, 5) is 21.8. The molecule has 0 heterocycles. The Balaban J connectivity index is 2.93. The second-order valence-electron chi connectivity index (χ2n) is 3.87. The molecule has 1 amide bonds. The number of benzene rings is 1. The molecule has 7 nitrogen and oxygen atoms in total. The molecule has 0 atom stereocenters. The van der Waals surface area contributed by atoms with Crippen molar-refractivity contribution in [2.24, 2.45) is 5.73 Å². The molecule has 0 saturated heterocycles. The van der Waals surface area contributed by atoms with Crippen LogP contribution in [0.3, 0.4) is 0 Å². The van der Waals surface area contributed by atoms with Crippen LogP contribution in [0.5, 0.6) is 17.2 Å². The molecule has 21 heavy (non-hydrogen) atoms. The van der Waals surface area contributed by atoms with Crippen molar-refractivity contribution in [2.45, 2.75) is 0 Å². The molecular weight excluding hydrogens is 278 g/mol. The monoisotopic (exact) mass is 295 g/mol. The molecule has 0 fully saturated rings. The highest BCUT2D eigenvalue weighted by Crippen LogP contribution is 2.38. The van der Waals surface area contributed by atoms with E-state index in [1.807, 2.05) is 0 Å².